The fourth-order valence-electron chi connectivity index (χ4n) is 3.09. The van der Waals surface area contributed by atoms with Gasteiger partial charge in [0.2, 0.25) is 0 Å². The van der Waals surface area contributed by atoms with E-state index in [9.17, 15) is 22.8 Å². The minimum absolute atomic E-state index is 0.0134. The predicted octanol–water partition coefficient (Wildman–Crippen LogP) is 2.29. The number of rotatable bonds is 11. The lowest BCUT2D eigenvalue weighted by Gasteiger charge is -2.14. The number of aliphatic hydroxyl groups is 1. The number of nitrogens with zero attached hydrogens (tertiary/aromatic N) is 3. The monoisotopic (exact) mass is 491 g/mol. The number of aryl methyl sites for hydroxylation is 1. The number of alkyl halides is 3. The van der Waals surface area contributed by atoms with Crippen LogP contribution in [0, 0.1) is 0 Å². The van der Waals surface area contributed by atoms with Gasteiger partial charge in [0.05, 0.1) is 19.4 Å². The van der Waals surface area contributed by atoms with E-state index in [1.54, 1.807) is 0 Å². The normalized spacial score (nSPS) is 11.2. The Morgan fingerprint density at radius 3 is 2.54 bits per heavy atom. The van der Waals surface area contributed by atoms with Crippen molar-refractivity contribution in [2.75, 3.05) is 26.3 Å². The second kappa shape index (κ2) is 12.0. The molecule has 0 saturated heterocycles. The van der Waals surface area contributed by atoms with Crippen molar-refractivity contribution in [3.63, 3.8) is 0 Å². The number of hydrogen-bond acceptors (Lipinski definition) is 6. The number of halogens is 3. The molecule has 2 aromatic carbocycles. The second-order valence-electron chi connectivity index (χ2n) is 7.45. The highest BCUT2D eigenvalue weighted by atomic mass is 19.4. The van der Waals surface area contributed by atoms with Crippen LogP contribution in [0.5, 0.6) is 5.75 Å². The Labute approximate surface area is 198 Å². The molecule has 3 rings (SSSR count). The largest absolute Gasteiger partial charge is 0.491 e. The van der Waals surface area contributed by atoms with Crippen LogP contribution in [0.4, 0.5) is 13.2 Å². The van der Waals surface area contributed by atoms with Crippen LogP contribution >= 0.6 is 0 Å². The van der Waals surface area contributed by atoms with Gasteiger partial charge in [-0.1, -0.05) is 35.5 Å². The van der Waals surface area contributed by atoms with Crippen LogP contribution in [0.2, 0.25) is 0 Å². The Morgan fingerprint density at radius 2 is 1.83 bits per heavy atom. The molecule has 0 unspecified atom stereocenters. The summed E-state index contributed by atoms with van der Waals surface area (Å²) in [5, 5.41) is 20.8. The Kier molecular flexibility index (Phi) is 8.79. The topological polar surface area (TPSA) is 118 Å². The molecule has 1 aromatic heterocycles. The average molecular weight is 491 g/mol. The molecule has 0 saturated carbocycles. The van der Waals surface area contributed by atoms with Crippen molar-refractivity contribution in [3.8, 4) is 11.4 Å². The Balaban J connectivity index is 1.78. The van der Waals surface area contributed by atoms with Crippen LogP contribution < -0.4 is 15.4 Å². The third-order valence-electron chi connectivity index (χ3n) is 4.75. The van der Waals surface area contributed by atoms with Crippen LogP contribution in [-0.2, 0) is 6.42 Å². The second-order valence-corrected chi connectivity index (χ2v) is 7.45. The number of benzene rings is 2. The summed E-state index contributed by atoms with van der Waals surface area (Å²) in [6.07, 6.45) is -1.83. The fourth-order valence-corrected chi connectivity index (χ4v) is 3.09. The van der Waals surface area contributed by atoms with Gasteiger partial charge in [0, 0.05) is 12.1 Å². The molecule has 0 aliphatic heterocycles. The molecule has 9 nitrogen and oxygen atoms in total. The molecule has 1 heterocycles. The molecular weight excluding hydrogens is 467 g/mol. The van der Waals surface area contributed by atoms with E-state index in [4.69, 9.17) is 9.84 Å². The molecule has 0 fully saturated rings. The summed E-state index contributed by atoms with van der Waals surface area (Å²) in [5.74, 6) is -1.27. The number of ether oxygens (including phenoxy) is 1. The first-order valence-corrected chi connectivity index (χ1v) is 10.7. The molecule has 0 atom stereocenters. The van der Waals surface area contributed by atoms with E-state index >= 15 is 0 Å². The van der Waals surface area contributed by atoms with Crippen molar-refractivity contribution < 1.29 is 32.6 Å². The minimum atomic E-state index is -4.54. The number of nitrogens with one attached hydrogen (secondary N) is 2. The first-order chi connectivity index (χ1) is 16.8. The third kappa shape index (κ3) is 7.81. The fraction of sp³-hybridized carbons (Fsp3) is 0.304. The highest BCUT2D eigenvalue weighted by Gasteiger charge is 2.28. The van der Waals surface area contributed by atoms with Gasteiger partial charge in [-0.15, -0.1) is 5.10 Å². The summed E-state index contributed by atoms with van der Waals surface area (Å²) in [6, 6.07) is 13.8. The molecule has 3 N–H and O–H groups in total. The zero-order valence-corrected chi connectivity index (χ0v) is 18.6. The SMILES string of the molecule is O=C(NCC(F)(F)F)c1ccc(-n2cc(C(=O)NCCO)nn2)c(OCCCc2ccccc2)c1. The maximum absolute atomic E-state index is 12.5. The molecule has 0 radical (unpaired) electrons. The van der Waals surface area contributed by atoms with Crippen LogP contribution in [0.1, 0.15) is 32.8 Å². The molecule has 186 valence electrons. The van der Waals surface area contributed by atoms with E-state index in [1.165, 1.54) is 29.1 Å². The number of carbonyl (C=O) groups is 2. The molecule has 0 aliphatic carbocycles. The Bertz CT molecular complexity index is 1140. The highest BCUT2D eigenvalue weighted by Crippen LogP contribution is 2.25. The lowest BCUT2D eigenvalue weighted by molar-refractivity contribution is -0.123. The van der Waals surface area contributed by atoms with Gasteiger partial charge in [0.25, 0.3) is 11.8 Å². The van der Waals surface area contributed by atoms with Crippen LogP contribution in [-0.4, -0.2) is 64.4 Å². The number of carbonyl (C=O) groups excluding carboxylic acids is 2. The Hall–Kier alpha value is -3.93. The van der Waals surface area contributed by atoms with E-state index < -0.39 is 24.5 Å². The summed E-state index contributed by atoms with van der Waals surface area (Å²) >= 11 is 0. The zero-order valence-electron chi connectivity index (χ0n) is 18.6. The summed E-state index contributed by atoms with van der Waals surface area (Å²) in [6.45, 7) is -1.40. The molecule has 3 aromatic rings. The predicted molar refractivity (Wildman–Crippen MR) is 119 cm³/mol. The zero-order chi connectivity index (χ0) is 25.3. The first kappa shape index (κ1) is 25.7. The van der Waals surface area contributed by atoms with E-state index in [-0.39, 0.29) is 36.8 Å². The number of amides is 2. The summed E-state index contributed by atoms with van der Waals surface area (Å²) < 4.78 is 44.6. The standard InChI is InChI=1S/C23H24F3N5O4/c24-23(25,26)15-28-21(33)17-8-9-19(31-14-18(29-30-31)22(34)27-10-11-32)20(13-17)35-12-4-7-16-5-2-1-3-6-16/h1-3,5-6,8-9,13-14,32H,4,7,10-12,15H2,(H,27,34)(H,28,33). The molecule has 35 heavy (non-hydrogen) atoms. The van der Waals surface area contributed by atoms with Crippen molar-refractivity contribution in [2.45, 2.75) is 19.0 Å². The van der Waals surface area contributed by atoms with E-state index in [2.05, 4.69) is 15.6 Å². The molecule has 12 heteroatoms. The molecular formula is C23H24F3N5O4. The van der Waals surface area contributed by atoms with E-state index in [0.29, 0.717) is 12.1 Å². The summed E-state index contributed by atoms with van der Waals surface area (Å²) in [4.78, 5) is 24.3. The number of aromatic nitrogens is 3. The van der Waals surface area contributed by atoms with Gasteiger partial charge in [-0.05, 0) is 36.6 Å². The lowest BCUT2D eigenvalue weighted by Crippen LogP contribution is -2.33. The first-order valence-electron chi connectivity index (χ1n) is 10.7. The van der Waals surface area contributed by atoms with Crippen molar-refractivity contribution in [1.29, 1.82) is 0 Å². The maximum atomic E-state index is 12.5. The van der Waals surface area contributed by atoms with Crippen molar-refractivity contribution in [3.05, 3.63) is 71.5 Å². The molecule has 2 amide bonds. The van der Waals surface area contributed by atoms with Gasteiger partial charge >= 0.3 is 6.18 Å². The van der Waals surface area contributed by atoms with Crippen molar-refractivity contribution >= 4 is 11.8 Å². The molecule has 0 aliphatic rings. The van der Waals surface area contributed by atoms with Crippen molar-refractivity contribution in [2.24, 2.45) is 0 Å². The maximum Gasteiger partial charge on any atom is 0.405 e. The van der Waals surface area contributed by atoms with Gasteiger partial charge in [0.15, 0.2) is 5.69 Å². The van der Waals surface area contributed by atoms with Gasteiger partial charge in [-0.25, -0.2) is 4.68 Å². The van der Waals surface area contributed by atoms with Gasteiger partial charge in [-0.2, -0.15) is 13.2 Å². The molecule has 0 bridgehead atoms. The van der Waals surface area contributed by atoms with Gasteiger partial charge in [0.1, 0.15) is 18.0 Å². The van der Waals surface area contributed by atoms with E-state index in [0.717, 1.165) is 12.0 Å². The average Bonchev–Trinajstić information content (AvgIpc) is 3.34. The molecule has 0 spiro atoms. The summed E-state index contributed by atoms with van der Waals surface area (Å²) in [5.41, 5.74) is 1.41. The highest BCUT2D eigenvalue weighted by molar-refractivity contribution is 5.95. The summed E-state index contributed by atoms with van der Waals surface area (Å²) in [7, 11) is 0. The van der Waals surface area contributed by atoms with Crippen LogP contribution in [0.3, 0.4) is 0 Å². The van der Waals surface area contributed by atoms with Gasteiger partial charge < -0.3 is 20.5 Å². The van der Waals surface area contributed by atoms with Gasteiger partial charge in [-0.3, -0.25) is 9.59 Å². The number of hydrogen-bond donors (Lipinski definition) is 3. The number of aliphatic hydroxyl groups excluding tert-OH is 1. The van der Waals surface area contributed by atoms with Crippen LogP contribution in [0.25, 0.3) is 5.69 Å². The van der Waals surface area contributed by atoms with Crippen molar-refractivity contribution in [1.82, 2.24) is 25.6 Å². The van der Waals surface area contributed by atoms with Crippen LogP contribution in [0.15, 0.2) is 54.7 Å². The lowest BCUT2D eigenvalue weighted by atomic mass is 10.1. The quantitative estimate of drug-likeness (QED) is 0.354. The minimum Gasteiger partial charge on any atom is -0.491 e. The smallest absolute Gasteiger partial charge is 0.405 e. The van der Waals surface area contributed by atoms with E-state index in [1.807, 2.05) is 35.6 Å². The Morgan fingerprint density at radius 1 is 1.06 bits per heavy atom. The third-order valence-corrected chi connectivity index (χ3v) is 4.75.